The van der Waals surface area contributed by atoms with Crippen molar-refractivity contribution in [1.29, 1.82) is 5.26 Å². The van der Waals surface area contributed by atoms with Gasteiger partial charge in [0.25, 0.3) is 5.91 Å². The molecule has 0 bridgehead atoms. The first kappa shape index (κ1) is 20.5. The van der Waals surface area contributed by atoms with E-state index in [-0.39, 0.29) is 11.9 Å². The zero-order valence-corrected chi connectivity index (χ0v) is 17.4. The number of hydrogen-bond donors (Lipinski definition) is 1. The van der Waals surface area contributed by atoms with Crippen molar-refractivity contribution < 1.29 is 14.4 Å². The number of carbonyl (C=O) groups excluding carboxylic acids is 1. The third-order valence-electron chi connectivity index (χ3n) is 6.69. The van der Waals surface area contributed by atoms with Crippen LogP contribution in [-0.4, -0.2) is 62.7 Å². The smallest absolute Gasteiger partial charge is 0.281 e. The number of nitriles is 1. The lowest BCUT2D eigenvalue weighted by molar-refractivity contribution is -0.915. The summed E-state index contributed by atoms with van der Waals surface area (Å²) in [5.41, 5.74) is 0.593. The summed E-state index contributed by atoms with van der Waals surface area (Å²) in [5, 5.41) is 9.78. The zero-order valence-electron chi connectivity index (χ0n) is 17.4. The second-order valence-corrected chi connectivity index (χ2v) is 8.17. The molecule has 0 radical (unpaired) electrons. The summed E-state index contributed by atoms with van der Waals surface area (Å²) >= 11 is 0. The molecule has 0 unspecified atom stereocenters. The minimum Gasteiger partial charge on any atom is -0.497 e. The number of ether oxygens (including phenoxy) is 1. The molecular formula is C22H33N4O2+. The average Bonchev–Trinajstić information content (AvgIpc) is 2.78. The molecule has 152 valence electrons. The first-order valence-electron chi connectivity index (χ1n) is 10.4. The van der Waals surface area contributed by atoms with Crippen LogP contribution in [0.15, 0.2) is 24.3 Å². The first-order valence-corrected chi connectivity index (χ1v) is 10.4. The molecule has 1 N–H and O–H groups in total. The number of nitrogens with zero attached hydrogens (tertiary/aromatic N) is 3. The van der Waals surface area contributed by atoms with Gasteiger partial charge in [-0.05, 0) is 44.0 Å². The highest BCUT2D eigenvalue weighted by Gasteiger charge is 2.42. The molecule has 6 nitrogen and oxygen atoms in total. The van der Waals surface area contributed by atoms with Crippen LogP contribution in [0.4, 0.5) is 5.69 Å². The number of benzene rings is 1. The number of carbonyl (C=O) groups is 1. The molecule has 1 aromatic carbocycles. The molecule has 1 aliphatic carbocycles. The van der Waals surface area contributed by atoms with Gasteiger partial charge >= 0.3 is 0 Å². The largest absolute Gasteiger partial charge is 0.497 e. The third kappa shape index (κ3) is 4.10. The summed E-state index contributed by atoms with van der Waals surface area (Å²) in [5.74, 6) is 0.973. The molecule has 1 aliphatic heterocycles. The van der Waals surface area contributed by atoms with Crippen molar-refractivity contribution >= 4 is 11.6 Å². The van der Waals surface area contributed by atoms with Gasteiger partial charge in [0, 0.05) is 12.7 Å². The van der Waals surface area contributed by atoms with Gasteiger partial charge in [0.15, 0.2) is 6.04 Å². The topological polar surface area (TPSA) is 61.0 Å². The summed E-state index contributed by atoms with van der Waals surface area (Å²) in [6, 6.07) is 10.5. The molecule has 2 fully saturated rings. The van der Waals surface area contributed by atoms with Crippen molar-refractivity contribution in [3.05, 3.63) is 24.3 Å². The molecular weight excluding hydrogens is 352 g/mol. The zero-order chi connectivity index (χ0) is 20.1. The SMILES string of the molecule is COc1ccc(N2CC[NH+]([C@H](C)C(=O)N(C)C3(C#N)CCCCC3)CC2)cc1. The van der Waals surface area contributed by atoms with E-state index in [1.54, 1.807) is 12.0 Å². The lowest BCUT2D eigenvalue weighted by Gasteiger charge is -2.42. The van der Waals surface area contributed by atoms with Crippen LogP contribution in [-0.2, 0) is 4.79 Å². The second-order valence-electron chi connectivity index (χ2n) is 8.17. The van der Waals surface area contributed by atoms with Crippen LogP contribution in [0.1, 0.15) is 39.0 Å². The van der Waals surface area contributed by atoms with E-state index in [0.717, 1.165) is 57.6 Å². The molecule has 6 heteroatoms. The molecule has 0 spiro atoms. The lowest BCUT2D eigenvalue weighted by Crippen LogP contribution is -3.19. The van der Waals surface area contributed by atoms with Crippen molar-refractivity contribution in [2.24, 2.45) is 0 Å². The molecule has 2 aliphatic rings. The number of anilines is 1. The fourth-order valence-corrected chi connectivity index (χ4v) is 4.61. The monoisotopic (exact) mass is 385 g/mol. The van der Waals surface area contributed by atoms with Gasteiger partial charge in [-0.3, -0.25) is 4.79 Å². The Hall–Kier alpha value is -2.26. The Labute approximate surface area is 168 Å². The molecule has 3 rings (SSSR count). The fraction of sp³-hybridized carbons (Fsp3) is 0.636. The highest BCUT2D eigenvalue weighted by Crippen LogP contribution is 2.32. The van der Waals surface area contributed by atoms with Crippen molar-refractivity contribution in [1.82, 2.24) is 4.90 Å². The lowest BCUT2D eigenvalue weighted by atomic mass is 9.81. The second kappa shape index (κ2) is 8.83. The van der Waals surface area contributed by atoms with Crippen LogP contribution >= 0.6 is 0 Å². The van der Waals surface area contributed by atoms with Crippen LogP contribution in [0, 0.1) is 11.3 Å². The molecule has 1 saturated carbocycles. The van der Waals surface area contributed by atoms with Gasteiger partial charge in [0.2, 0.25) is 0 Å². The molecule has 28 heavy (non-hydrogen) atoms. The summed E-state index contributed by atoms with van der Waals surface area (Å²) in [4.78, 5) is 18.6. The molecule has 1 heterocycles. The summed E-state index contributed by atoms with van der Waals surface area (Å²) in [6.07, 6.45) is 4.84. The van der Waals surface area contributed by atoms with Gasteiger partial charge in [0.1, 0.15) is 11.3 Å². The minimum atomic E-state index is -0.603. The molecule has 1 saturated heterocycles. The van der Waals surface area contributed by atoms with Crippen molar-refractivity contribution in [2.75, 3.05) is 45.2 Å². The van der Waals surface area contributed by atoms with Crippen LogP contribution in [0.25, 0.3) is 0 Å². The Balaban J connectivity index is 1.58. The Kier molecular flexibility index (Phi) is 6.46. The number of piperazine rings is 1. The van der Waals surface area contributed by atoms with Crippen molar-refractivity contribution in [2.45, 2.75) is 50.6 Å². The van der Waals surface area contributed by atoms with E-state index in [1.807, 2.05) is 26.1 Å². The number of amides is 1. The summed E-state index contributed by atoms with van der Waals surface area (Å²) in [7, 11) is 3.51. The number of rotatable bonds is 5. The molecule has 0 aromatic heterocycles. The third-order valence-corrected chi connectivity index (χ3v) is 6.69. The van der Waals surface area contributed by atoms with Crippen LogP contribution in [0.3, 0.4) is 0 Å². The van der Waals surface area contributed by atoms with Crippen molar-refractivity contribution in [3.8, 4) is 11.8 Å². The quantitative estimate of drug-likeness (QED) is 0.834. The number of methoxy groups -OCH3 is 1. The number of nitrogens with one attached hydrogen (secondary N) is 1. The van der Waals surface area contributed by atoms with E-state index in [0.29, 0.717) is 0 Å². The Morgan fingerprint density at radius 2 is 1.82 bits per heavy atom. The van der Waals surface area contributed by atoms with Crippen LogP contribution in [0.2, 0.25) is 0 Å². The Morgan fingerprint density at radius 1 is 1.21 bits per heavy atom. The van der Waals surface area contributed by atoms with E-state index in [4.69, 9.17) is 4.74 Å². The van der Waals surface area contributed by atoms with E-state index in [1.165, 1.54) is 17.0 Å². The van der Waals surface area contributed by atoms with Gasteiger partial charge in [-0.1, -0.05) is 19.3 Å². The van der Waals surface area contributed by atoms with Gasteiger partial charge in [-0.2, -0.15) is 5.26 Å². The minimum absolute atomic E-state index is 0.108. The van der Waals surface area contributed by atoms with Gasteiger partial charge < -0.3 is 19.4 Å². The predicted octanol–water partition coefficient (Wildman–Crippen LogP) is 1.47. The predicted molar refractivity (Wildman–Crippen MR) is 110 cm³/mol. The highest BCUT2D eigenvalue weighted by atomic mass is 16.5. The number of quaternary nitrogens is 1. The van der Waals surface area contributed by atoms with Crippen molar-refractivity contribution in [3.63, 3.8) is 0 Å². The van der Waals surface area contributed by atoms with Gasteiger partial charge in [-0.25, -0.2) is 0 Å². The van der Waals surface area contributed by atoms with Crippen LogP contribution < -0.4 is 14.5 Å². The van der Waals surface area contributed by atoms with Gasteiger partial charge in [-0.15, -0.1) is 0 Å². The molecule has 1 atom stereocenters. The maximum atomic E-state index is 13.2. The Bertz CT molecular complexity index is 698. The maximum Gasteiger partial charge on any atom is 0.281 e. The first-order chi connectivity index (χ1) is 13.5. The summed E-state index contributed by atoms with van der Waals surface area (Å²) in [6.45, 7) is 5.71. The Morgan fingerprint density at radius 3 is 2.36 bits per heavy atom. The van der Waals surface area contributed by atoms with E-state index < -0.39 is 5.54 Å². The molecule has 1 amide bonds. The maximum absolute atomic E-state index is 13.2. The van der Waals surface area contributed by atoms with Gasteiger partial charge in [0.05, 0.1) is 39.4 Å². The standard InChI is InChI=1S/C22H32N4O2/c1-18(21(27)24(2)22(17-23)11-5-4-6-12-22)25-13-15-26(16-14-25)19-7-9-20(28-3)10-8-19/h7-10,18H,4-6,11-16H2,1-3H3/p+1/t18-/m1/s1. The fourth-order valence-electron chi connectivity index (χ4n) is 4.61. The highest BCUT2D eigenvalue weighted by molar-refractivity contribution is 5.81. The summed E-state index contributed by atoms with van der Waals surface area (Å²) < 4.78 is 5.23. The number of hydrogen-bond acceptors (Lipinski definition) is 4. The normalized spacial score (nSPS) is 20.9. The average molecular weight is 386 g/mol. The number of likely N-dealkylation sites (N-methyl/N-ethyl adjacent to an activating group) is 1. The van der Waals surface area contributed by atoms with Crippen LogP contribution in [0.5, 0.6) is 5.75 Å². The molecule has 1 aromatic rings. The van der Waals surface area contributed by atoms with E-state index >= 15 is 0 Å². The van der Waals surface area contributed by atoms with E-state index in [9.17, 15) is 10.1 Å². The van der Waals surface area contributed by atoms with E-state index in [2.05, 4.69) is 23.1 Å².